The average Bonchev–Trinajstić information content (AvgIpc) is 2.67. The SMILES string of the molecule is COc1ccc(Nc2nc3ccccc3nc2C(=O)OC(C)C)c(OC)c1. The van der Waals surface area contributed by atoms with Crippen molar-refractivity contribution in [2.75, 3.05) is 19.5 Å². The molecule has 3 aromatic rings. The van der Waals surface area contributed by atoms with E-state index in [0.717, 1.165) is 0 Å². The van der Waals surface area contributed by atoms with E-state index >= 15 is 0 Å². The Morgan fingerprint density at radius 2 is 1.70 bits per heavy atom. The topological polar surface area (TPSA) is 82.6 Å². The number of fused-ring (bicyclic) bond motifs is 1. The summed E-state index contributed by atoms with van der Waals surface area (Å²) in [6.07, 6.45) is -0.269. The Labute approximate surface area is 157 Å². The molecule has 0 saturated carbocycles. The second kappa shape index (κ2) is 7.90. The van der Waals surface area contributed by atoms with Gasteiger partial charge in [0.2, 0.25) is 0 Å². The zero-order valence-corrected chi connectivity index (χ0v) is 15.6. The van der Waals surface area contributed by atoms with Gasteiger partial charge < -0.3 is 19.5 Å². The van der Waals surface area contributed by atoms with E-state index in [1.807, 2.05) is 18.2 Å². The Bertz CT molecular complexity index is 973. The van der Waals surface area contributed by atoms with Crippen molar-refractivity contribution in [1.29, 1.82) is 0 Å². The number of nitrogens with zero attached hydrogens (tertiary/aromatic N) is 2. The smallest absolute Gasteiger partial charge is 0.361 e. The molecule has 0 atom stereocenters. The summed E-state index contributed by atoms with van der Waals surface area (Å²) in [6.45, 7) is 3.57. The van der Waals surface area contributed by atoms with Crippen LogP contribution in [0.3, 0.4) is 0 Å². The third kappa shape index (κ3) is 4.08. The van der Waals surface area contributed by atoms with Crippen LogP contribution in [0, 0.1) is 0 Å². The molecule has 0 radical (unpaired) electrons. The number of aromatic nitrogens is 2. The Balaban J connectivity index is 2.08. The van der Waals surface area contributed by atoms with Gasteiger partial charge in [-0.15, -0.1) is 0 Å². The highest BCUT2D eigenvalue weighted by Crippen LogP contribution is 2.32. The molecule has 27 heavy (non-hydrogen) atoms. The number of carbonyl (C=O) groups is 1. The maximum Gasteiger partial charge on any atom is 0.361 e. The van der Waals surface area contributed by atoms with Gasteiger partial charge in [-0.2, -0.15) is 0 Å². The molecule has 0 saturated heterocycles. The summed E-state index contributed by atoms with van der Waals surface area (Å²) < 4.78 is 15.9. The lowest BCUT2D eigenvalue weighted by atomic mass is 10.2. The van der Waals surface area contributed by atoms with Crippen molar-refractivity contribution in [2.45, 2.75) is 20.0 Å². The molecule has 1 N–H and O–H groups in total. The fourth-order valence-electron chi connectivity index (χ4n) is 2.53. The number of hydrogen-bond donors (Lipinski definition) is 1. The van der Waals surface area contributed by atoms with E-state index in [9.17, 15) is 4.79 Å². The number of nitrogens with one attached hydrogen (secondary N) is 1. The van der Waals surface area contributed by atoms with Crippen LogP contribution in [0.15, 0.2) is 42.5 Å². The highest BCUT2D eigenvalue weighted by atomic mass is 16.5. The molecule has 0 fully saturated rings. The molecule has 0 bridgehead atoms. The van der Waals surface area contributed by atoms with Crippen LogP contribution in [0.25, 0.3) is 11.0 Å². The van der Waals surface area contributed by atoms with Gasteiger partial charge in [0.05, 0.1) is 37.0 Å². The Kier molecular flexibility index (Phi) is 5.40. The molecule has 0 aliphatic carbocycles. The summed E-state index contributed by atoms with van der Waals surface area (Å²) in [5, 5.41) is 3.13. The fraction of sp³-hybridized carbons (Fsp3) is 0.250. The molecule has 0 unspecified atom stereocenters. The largest absolute Gasteiger partial charge is 0.497 e. The lowest BCUT2D eigenvalue weighted by Crippen LogP contribution is -2.16. The maximum absolute atomic E-state index is 12.5. The zero-order valence-electron chi connectivity index (χ0n) is 15.6. The number of rotatable bonds is 6. The van der Waals surface area contributed by atoms with E-state index < -0.39 is 5.97 Å². The van der Waals surface area contributed by atoms with Gasteiger partial charge in [0.1, 0.15) is 11.5 Å². The predicted octanol–water partition coefficient (Wildman–Crippen LogP) is 3.96. The number of hydrogen-bond acceptors (Lipinski definition) is 7. The molecule has 0 aliphatic heterocycles. The second-order valence-electron chi connectivity index (χ2n) is 6.05. The molecular formula is C20H21N3O4. The first-order chi connectivity index (χ1) is 13.0. The van der Waals surface area contributed by atoms with Crippen LogP contribution in [-0.4, -0.2) is 36.3 Å². The summed E-state index contributed by atoms with van der Waals surface area (Å²) >= 11 is 0. The van der Waals surface area contributed by atoms with Crippen molar-refractivity contribution in [2.24, 2.45) is 0 Å². The van der Waals surface area contributed by atoms with Crippen LogP contribution in [0.5, 0.6) is 11.5 Å². The summed E-state index contributed by atoms with van der Waals surface area (Å²) in [5.74, 6) is 0.954. The Hall–Kier alpha value is -3.35. The van der Waals surface area contributed by atoms with Gasteiger partial charge in [-0.25, -0.2) is 14.8 Å². The first-order valence-electron chi connectivity index (χ1n) is 8.48. The molecular weight excluding hydrogens is 346 g/mol. The fourth-order valence-corrected chi connectivity index (χ4v) is 2.53. The molecule has 2 aromatic carbocycles. The lowest BCUT2D eigenvalue weighted by Gasteiger charge is -2.15. The maximum atomic E-state index is 12.5. The van der Waals surface area contributed by atoms with Crippen molar-refractivity contribution in [3.8, 4) is 11.5 Å². The van der Waals surface area contributed by atoms with Crippen LogP contribution in [0.1, 0.15) is 24.3 Å². The monoisotopic (exact) mass is 367 g/mol. The summed E-state index contributed by atoms with van der Waals surface area (Å²) in [5.41, 5.74) is 2.01. The van der Waals surface area contributed by atoms with E-state index in [1.165, 1.54) is 0 Å². The van der Waals surface area contributed by atoms with Crippen LogP contribution in [0.2, 0.25) is 0 Å². The molecule has 0 aliphatic rings. The van der Waals surface area contributed by atoms with E-state index in [-0.39, 0.29) is 11.8 Å². The number of methoxy groups -OCH3 is 2. The van der Waals surface area contributed by atoms with Gasteiger partial charge >= 0.3 is 5.97 Å². The zero-order chi connectivity index (χ0) is 19.4. The van der Waals surface area contributed by atoms with Gasteiger partial charge in [-0.1, -0.05) is 12.1 Å². The van der Waals surface area contributed by atoms with E-state index in [1.54, 1.807) is 52.3 Å². The van der Waals surface area contributed by atoms with Gasteiger partial charge in [-0.05, 0) is 38.1 Å². The molecule has 3 rings (SSSR count). The lowest BCUT2D eigenvalue weighted by molar-refractivity contribution is 0.0372. The highest BCUT2D eigenvalue weighted by Gasteiger charge is 2.20. The third-order valence-corrected chi connectivity index (χ3v) is 3.77. The number of para-hydroxylation sites is 2. The quantitative estimate of drug-likeness (QED) is 0.660. The van der Waals surface area contributed by atoms with Gasteiger partial charge in [0.15, 0.2) is 11.5 Å². The van der Waals surface area contributed by atoms with Crippen molar-refractivity contribution in [3.05, 3.63) is 48.2 Å². The van der Waals surface area contributed by atoms with E-state index in [2.05, 4.69) is 15.3 Å². The molecule has 7 heteroatoms. The number of ether oxygens (including phenoxy) is 3. The molecule has 7 nitrogen and oxygen atoms in total. The van der Waals surface area contributed by atoms with E-state index in [4.69, 9.17) is 14.2 Å². The first kappa shape index (κ1) is 18.4. The highest BCUT2D eigenvalue weighted by molar-refractivity contribution is 5.96. The minimum atomic E-state index is -0.543. The number of anilines is 2. The van der Waals surface area contributed by atoms with E-state index in [0.29, 0.717) is 34.0 Å². The van der Waals surface area contributed by atoms with Crippen LogP contribution >= 0.6 is 0 Å². The minimum Gasteiger partial charge on any atom is -0.497 e. The number of benzene rings is 2. The van der Waals surface area contributed by atoms with Gasteiger partial charge in [0.25, 0.3) is 0 Å². The average molecular weight is 367 g/mol. The summed E-state index contributed by atoms with van der Waals surface area (Å²) in [6, 6.07) is 12.6. The third-order valence-electron chi connectivity index (χ3n) is 3.77. The van der Waals surface area contributed by atoms with Crippen molar-refractivity contribution < 1.29 is 19.0 Å². The molecule has 140 valence electrons. The van der Waals surface area contributed by atoms with Crippen LogP contribution in [0.4, 0.5) is 11.5 Å². The number of carbonyl (C=O) groups excluding carboxylic acids is 1. The Morgan fingerprint density at radius 1 is 1.00 bits per heavy atom. The first-order valence-corrected chi connectivity index (χ1v) is 8.48. The predicted molar refractivity (Wildman–Crippen MR) is 103 cm³/mol. The standard InChI is InChI=1S/C20H21N3O4/c1-12(2)27-20(24)18-19(22-15-8-6-5-7-14(15)21-18)23-16-10-9-13(25-3)11-17(16)26-4/h5-12H,1-4H3,(H,22,23). The Morgan fingerprint density at radius 3 is 2.33 bits per heavy atom. The van der Waals surface area contributed by atoms with Crippen molar-refractivity contribution in [3.63, 3.8) is 0 Å². The van der Waals surface area contributed by atoms with Gasteiger partial charge in [-0.3, -0.25) is 0 Å². The number of esters is 1. The molecule has 1 aromatic heterocycles. The summed E-state index contributed by atoms with van der Waals surface area (Å²) in [4.78, 5) is 21.6. The second-order valence-corrected chi connectivity index (χ2v) is 6.05. The van der Waals surface area contributed by atoms with Crippen LogP contribution in [-0.2, 0) is 4.74 Å². The molecule has 0 amide bonds. The van der Waals surface area contributed by atoms with Gasteiger partial charge in [0, 0.05) is 6.07 Å². The van der Waals surface area contributed by atoms with Crippen LogP contribution < -0.4 is 14.8 Å². The van der Waals surface area contributed by atoms with Crippen molar-refractivity contribution >= 4 is 28.5 Å². The minimum absolute atomic E-state index is 0.111. The molecule has 1 heterocycles. The normalized spacial score (nSPS) is 10.7. The summed E-state index contributed by atoms with van der Waals surface area (Å²) in [7, 11) is 3.14. The molecule has 0 spiro atoms. The van der Waals surface area contributed by atoms with Crippen molar-refractivity contribution in [1.82, 2.24) is 9.97 Å².